The third-order valence-corrected chi connectivity index (χ3v) is 3.80. The number of halogens is 1. The van der Waals surface area contributed by atoms with Crippen LogP contribution in [-0.2, 0) is 14.3 Å². The number of aliphatic hydroxyl groups excluding tert-OH is 1. The van der Waals surface area contributed by atoms with E-state index in [1.54, 1.807) is 31.2 Å². The summed E-state index contributed by atoms with van der Waals surface area (Å²) in [5.41, 5.74) is 0.490. The van der Waals surface area contributed by atoms with Crippen molar-refractivity contribution in [3.63, 3.8) is 0 Å². The maximum atomic E-state index is 12.3. The number of aliphatic hydroxyl groups is 1. The van der Waals surface area contributed by atoms with Crippen molar-refractivity contribution in [1.82, 2.24) is 4.90 Å². The Hall–Kier alpha value is -1.92. The molecule has 0 aliphatic rings. The van der Waals surface area contributed by atoms with E-state index in [-0.39, 0.29) is 44.2 Å². The molecule has 0 saturated carbocycles. The van der Waals surface area contributed by atoms with Gasteiger partial charge < -0.3 is 14.7 Å². The fourth-order valence-electron chi connectivity index (χ4n) is 2.20. The van der Waals surface area contributed by atoms with Gasteiger partial charge in [-0.1, -0.05) is 18.5 Å². The number of methoxy groups -OCH3 is 1. The van der Waals surface area contributed by atoms with E-state index in [2.05, 4.69) is 4.74 Å². The van der Waals surface area contributed by atoms with E-state index in [1.807, 2.05) is 0 Å². The molecule has 1 N–H and O–H groups in total. The molecule has 0 aliphatic carbocycles. The Labute approximate surface area is 146 Å². The van der Waals surface area contributed by atoms with Gasteiger partial charge in [0.1, 0.15) is 0 Å². The van der Waals surface area contributed by atoms with Gasteiger partial charge in [-0.2, -0.15) is 0 Å². The first-order chi connectivity index (χ1) is 11.4. The van der Waals surface area contributed by atoms with E-state index in [4.69, 9.17) is 16.7 Å². The van der Waals surface area contributed by atoms with Gasteiger partial charge in [0.2, 0.25) is 5.91 Å². The van der Waals surface area contributed by atoms with Crippen LogP contribution < -0.4 is 0 Å². The summed E-state index contributed by atoms with van der Waals surface area (Å²) in [5.74, 6) is -1.38. The lowest BCUT2D eigenvalue weighted by atomic mass is 10.1. The smallest absolute Gasteiger partial charge is 0.310 e. The lowest BCUT2D eigenvalue weighted by Gasteiger charge is -2.24. The minimum Gasteiger partial charge on any atom is -0.469 e. The quantitative estimate of drug-likeness (QED) is 0.540. The number of hydrogen-bond donors (Lipinski definition) is 1. The van der Waals surface area contributed by atoms with Gasteiger partial charge in [0.15, 0.2) is 5.78 Å². The summed E-state index contributed by atoms with van der Waals surface area (Å²) in [7, 11) is 1.28. The predicted octanol–water partition coefficient (Wildman–Crippen LogP) is 1.93. The van der Waals surface area contributed by atoms with Crippen LogP contribution in [0, 0.1) is 5.92 Å². The van der Waals surface area contributed by atoms with Crippen LogP contribution in [0.25, 0.3) is 0 Å². The third kappa shape index (κ3) is 6.29. The molecule has 0 aromatic heterocycles. The number of benzene rings is 1. The summed E-state index contributed by atoms with van der Waals surface area (Å²) in [5, 5.41) is 9.62. The van der Waals surface area contributed by atoms with Crippen molar-refractivity contribution < 1.29 is 24.2 Å². The van der Waals surface area contributed by atoms with Crippen LogP contribution in [-0.4, -0.2) is 54.5 Å². The molecular formula is C17H22ClNO5. The monoisotopic (exact) mass is 355 g/mol. The molecule has 0 saturated heterocycles. The number of carbonyl (C=O) groups is 3. The lowest BCUT2D eigenvalue weighted by Crippen LogP contribution is -2.39. The van der Waals surface area contributed by atoms with E-state index >= 15 is 0 Å². The van der Waals surface area contributed by atoms with Crippen LogP contribution in [0.15, 0.2) is 24.3 Å². The summed E-state index contributed by atoms with van der Waals surface area (Å²) in [6, 6.07) is 6.46. The Morgan fingerprint density at radius 1 is 1.21 bits per heavy atom. The van der Waals surface area contributed by atoms with Gasteiger partial charge in [-0.05, 0) is 24.3 Å². The second-order valence-electron chi connectivity index (χ2n) is 5.42. The summed E-state index contributed by atoms with van der Waals surface area (Å²) in [6.45, 7) is 1.67. The summed E-state index contributed by atoms with van der Waals surface area (Å²) in [4.78, 5) is 37.2. The average molecular weight is 356 g/mol. The standard InChI is InChI=1S/C17H22ClNO5/c1-12(17(23)24-2)11-19(9-10-20)16(22)8-7-15(21)13-3-5-14(18)6-4-13/h3-6,12,20H,7-11H2,1-2H3. The van der Waals surface area contributed by atoms with Gasteiger partial charge in [0.05, 0.1) is 19.6 Å². The van der Waals surface area contributed by atoms with Gasteiger partial charge in [-0.25, -0.2) is 0 Å². The van der Waals surface area contributed by atoms with Gasteiger partial charge in [-0.15, -0.1) is 0 Å². The first kappa shape index (κ1) is 20.1. The first-order valence-electron chi connectivity index (χ1n) is 7.64. The fraction of sp³-hybridized carbons (Fsp3) is 0.471. The Balaban J connectivity index is 2.59. The molecule has 1 aromatic carbocycles. The normalized spacial score (nSPS) is 11.7. The minimum absolute atomic E-state index is 0.00928. The second kappa shape index (κ2) is 10.1. The molecule has 0 spiro atoms. The minimum atomic E-state index is -0.502. The van der Waals surface area contributed by atoms with Gasteiger partial charge in [-0.3, -0.25) is 14.4 Å². The summed E-state index contributed by atoms with van der Waals surface area (Å²) < 4.78 is 4.63. The molecule has 7 heteroatoms. The SMILES string of the molecule is COC(=O)C(C)CN(CCO)C(=O)CCC(=O)c1ccc(Cl)cc1. The van der Waals surface area contributed by atoms with Gasteiger partial charge in [0.25, 0.3) is 0 Å². The maximum Gasteiger partial charge on any atom is 0.310 e. The van der Waals surface area contributed by atoms with Crippen molar-refractivity contribution in [3.05, 3.63) is 34.9 Å². The van der Waals surface area contributed by atoms with Crippen molar-refractivity contribution in [1.29, 1.82) is 0 Å². The number of esters is 1. The number of amides is 1. The number of rotatable bonds is 9. The Morgan fingerprint density at radius 2 is 1.83 bits per heavy atom. The molecule has 0 bridgehead atoms. The number of Topliss-reactive ketones (excluding diaryl/α,β-unsaturated/α-hetero) is 1. The van der Waals surface area contributed by atoms with E-state index < -0.39 is 11.9 Å². The zero-order valence-electron chi connectivity index (χ0n) is 13.8. The molecule has 24 heavy (non-hydrogen) atoms. The molecule has 0 fully saturated rings. The van der Waals surface area contributed by atoms with E-state index in [1.165, 1.54) is 12.0 Å². The van der Waals surface area contributed by atoms with Crippen LogP contribution in [0.3, 0.4) is 0 Å². The Kier molecular flexibility index (Phi) is 8.43. The number of ketones is 1. The maximum absolute atomic E-state index is 12.3. The predicted molar refractivity (Wildman–Crippen MR) is 89.9 cm³/mol. The molecular weight excluding hydrogens is 334 g/mol. The van der Waals surface area contributed by atoms with Crippen LogP contribution >= 0.6 is 11.6 Å². The number of carbonyl (C=O) groups excluding carboxylic acids is 3. The first-order valence-corrected chi connectivity index (χ1v) is 8.02. The molecule has 1 unspecified atom stereocenters. The van der Waals surface area contributed by atoms with Crippen LogP contribution in [0.5, 0.6) is 0 Å². The summed E-state index contributed by atoms with van der Waals surface area (Å²) >= 11 is 5.77. The topological polar surface area (TPSA) is 83.9 Å². The molecule has 1 atom stereocenters. The summed E-state index contributed by atoms with van der Waals surface area (Å²) in [6.07, 6.45) is 0.0599. The van der Waals surface area contributed by atoms with Gasteiger partial charge in [0, 0.05) is 36.5 Å². The molecule has 132 valence electrons. The zero-order valence-corrected chi connectivity index (χ0v) is 14.6. The molecule has 0 heterocycles. The van der Waals surface area contributed by atoms with Crippen molar-refractivity contribution in [2.45, 2.75) is 19.8 Å². The third-order valence-electron chi connectivity index (χ3n) is 3.55. The van der Waals surface area contributed by atoms with Crippen molar-refractivity contribution in [2.75, 3.05) is 26.8 Å². The molecule has 1 aromatic rings. The highest BCUT2D eigenvalue weighted by molar-refractivity contribution is 6.30. The highest BCUT2D eigenvalue weighted by Crippen LogP contribution is 2.13. The molecule has 1 rings (SSSR count). The Bertz CT molecular complexity index is 573. The van der Waals surface area contributed by atoms with Crippen molar-refractivity contribution >= 4 is 29.3 Å². The Morgan fingerprint density at radius 3 is 2.38 bits per heavy atom. The highest BCUT2D eigenvalue weighted by atomic mass is 35.5. The second-order valence-corrected chi connectivity index (χ2v) is 5.85. The number of nitrogens with zero attached hydrogens (tertiary/aromatic N) is 1. The van der Waals surface area contributed by atoms with Crippen molar-refractivity contribution in [2.24, 2.45) is 5.92 Å². The largest absolute Gasteiger partial charge is 0.469 e. The lowest BCUT2D eigenvalue weighted by molar-refractivity contribution is -0.146. The number of ether oxygens (including phenoxy) is 1. The molecule has 0 radical (unpaired) electrons. The molecule has 6 nitrogen and oxygen atoms in total. The van der Waals surface area contributed by atoms with Gasteiger partial charge >= 0.3 is 5.97 Å². The average Bonchev–Trinajstić information content (AvgIpc) is 2.58. The molecule has 1 amide bonds. The van der Waals surface area contributed by atoms with E-state index in [0.29, 0.717) is 10.6 Å². The van der Waals surface area contributed by atoms with E-state index in [9.17, 15) is 14.4 Å². The van der Waals surface area contributed by atoms with Crippen LogP contribution in [0.2, 0.25) is 5.02 Å². The van der Waals surface area contributed by atoms with E-state index in [0.717, 1.165) is 0 Å². The highest BCUT2D eigenvalue weighted by Gasteiger charge is 2.21. The zero-order chi connectivity index (χ0) is 18.1. The number of hydrogen-bond acceptors (Lipinski definition) is 5. The fourth-order valence-corrected chi connectivity index (χ4v) is 2.33. The molecule has 0 aliphatic heterocycles. The van der Waals surface area contributed by atoms with Crippen LogP contribution in [0.1, 0.15) is 30.1 Å². The van der Waals surface area contributed by atoms with Crippen LogP contribution in [0.4, 0.5) is 0 Å². The van der Waals surface area contributed by atoms with Crippen molar-refractivity contribution in [3.8, 4) is 0 Å².